The Hall–Kier alpha value is -4.22. The van der Waals surface area contributed by atoms with Crippen molar-refractivity contribution in [1.82, 2.24) is 10.2 Å². The Morgan fingerprint density at radius 1 is 0.940 bits per heavy atom. The molecular weight excluding hydrogens is 684 g/mol. The molecule has 0 radical (unpaired) electrons. The van der Waals surface area contributed by atoms with Crippen molar-refractivity contribution in [3.05, 3.63) is 123 Å². The van der Waals surface area contributed by atoms with Crippen LogP contribution in [0.4, 0.5) is 4.39 Å². The average molecular weight is 724 g/mol. The fraction of sp³-hybridized carbons (Fsp3) is 0.342. The highest BCUT2D eigenvalue weighted by molar-refractivity contribution is 6.35. The molecule has 3 aliphatic heterocycles. The molecule has 3 aromatic carbocycles. The van der Waals surface area contributed by atoms with Crippen LogP contribution >= 0.6 is 23.2 Å². The number of halogens is 3. The third-order valence-electron chi connectivity index (χ3n) is 9.37. The number of hydrogen-bond acceptors (Lipinski definition) is 8. The van der Waals surface area contributed by atoms with E-state index in [1.807, 2.05) is 6.07 Å². The van der Waals surface area contributed by atoms with Crippen molar-refractivity contribution in [2.45, 2.75) is 44.1 Å². The van der Waals surface area contributed by atoms with Crippen LogP contribution in [0.2, 0.25) is 10.0 Å². The summed E-state index contributed by atoms with van der Waals surface area (Å²) >= 11 is 13.0. The highest BCUT2D eigenvalue weighted by atomic mass is 35.5. The van der Waals surface area contributed by atoms with Crippen LogP contribution in [0.1, 0.15) is 57.6 Å². The minimum absolute atomic E-state index is 0.186. The van der Waals surface area contributed by atoms with Gasteiger partial charge < -0.3 is 18.9 Å². The Kier molecular flexibility index (Phi) is 11.5. The summed E-state index contributed by atoms with van der Waals surface area (Å²) in [5, 5.41) is 4.04. The number of aromatic nitrogens is 1. The number of carbonyl (C=O) groups is 2. The van der Waals surface area contributed by atoms with Crippen LogP contribution in [0.15, 0.2) is 79.1 Å². The number of rotatable bonds is 13. The molecule has 9 nitrogen and oxygen atoms in total. The molecule has 7 rings (SSSR count). The maximum absolute atomic E-state index is 14.3. The van der Waals surface area contributed by atoms with E-state index in [9.17, 15) is 14.0 Å². The van der Waals surface area contributed by atoms with E-state index in [-0.39, 0.29) is 19.1 Å². The molecule has 50 heavy (non-hydrogen) atoms. The number of nitrogens with one attached hydrogen (secondary N) is 2. The van der Waals surface area contributed by atoms with E-state index in [2.05, 4.69) is 15.2 Å². The molecular formula is C38H39Cl2FN3O6+. The number of pyridine rings is 1. The number of hydrogen-bond donors (Lipinski definition) is 1. The van der Waals surface area contributed by atoms with Crippen molar-refractivity contribution < 1.29 is 37.9 Å². The van der Waals surface area contributed by atoms with Crippen LogP contribution in [-0.4, -0.2) is 56.8 Å². The first kappa shape index (κ1) is 35.6. The summed E-state index contributed by atoms with van der Waals surface area (Å²) in [5.41, 5.74) is 2.72. The predicted octanol–water partition coefficient (Wildman–Crippen LogP) is 6.57. The van der Waals surface area contributed by atoms with Crippen molar-refractivity contribution in [3.8, 4) is 11.5 Å². The van der Waals surface area contributed by atoms with Crippen LogP contribution in [0.5, 0.6) is 11.5 Å². The van der Waals surface area contributed by atoms with Gasteiger partial charge in [0.2, 0.25) is 0 Å². The van der Waals surface area contributed by atoms with Gasteiger partial charge in [-0.05, 0) is 84.9 Å². The maximum Gasteiger partial charge on any atom is 0.338 e. The standard InChI is InChI=1S/C38H38Cl2FN3O6/c1-47-32-10-9-25(17-34(32)48-2)33(18-29-30(39)20-42-21-31(29)40)49-37(45)27-7-3-5-23(15-27)19-43-36(26-6-4-8-28(41)16-26)38(46)50-35-22-44-13-11-24(35)12-14-44/h3-10,15-17,20-21,24,33,35-36,43H,11-14,18-19,22H2,1-2H3/p+1/t33-,35-,36?/m0/s1. The topological polar surface area (TPSA) is 100 Å². The van der Waals surface area contributed by atoms with Crippen LogP contribution in [0.25, 0.3) is 0 Å². The zero-order valence-corrected chi connectivity index (χ0v) is 29.3. The third-order valence-corrected chi connectivity index (χ3v) is 10.0. The Morgan fingerprint density at radius 2 is 1.68 bits per heavy atom. The number of nitrogens with zero attached hydrogens (tertiary/aromatic N) is 1. The number of methoxy groups -OCH3 is 2. The number of H-pyrrole nitrogens is 1. The SMILES string of the molecule is COc1ccc([C@H](Cc2c(Cl)c[nH+]cc2Cl)OC(=O)c2cccc(CNC(C(=O)O[C@H]3CN4CCC3CC4)c3cccc(F)c3)c2)cc1OC. The van der Waals surface area contributed by atoms with Gasteiger partial charge in [0.1, 0.15) is 34.1 Å². The molecule has 3 atom stereocenters. The van der Waals surface area contributed by atoms with Gasteiger partial charge in [-0.3, -0.25) is 10.2 Å². The van der Waals surface area contributed by atoms with Crippen molar-refractivity contribution in [3.63, 3.8) is 0 Å². The molecule has 12 heteroatoms. The summed E-state index contributed by atoms with van der Waals surface area (Å²) < 4.78 is 37.3. The number of carbonyl (C=O) groups excluding carboxylic acids is 2. The normalized spacial score (nSPS) is 19.3. The summed E-state index contributed by atoms with van der Waals surface area (Å²) in [5.74, 6) is -0.165. The first-order valence-electron chi connectivity index (χ1n) is 16.5. The van der Waals surface area contributed by atoms with Gasteiger partial charge >= 0.3 is 11.9 Å². The van der Waals surface area contributed by atoms with Crippen molar-refractivity contribution in [2.24, 2.45) is 5.92 Å². The van der Waals surface area contributed by atoms with Gasteiger partial charge in [0.05, 0.1) is 19.8 Å². The van der Waals surface area contributed by atoms with Crippen molar-refractivity contribution in [1.29, 1.82) is 0 Å². The van der Waals surface area contributed by atoms with Crippen molar-refractivity contribution >= 4 is 35.1 Å². The van der Waals surface area contributed by atoms with Gasteiger partial charge in [-0.2, -0.15) is 0 Å². The second-order valence-electron chi connectivity index (χ2n) is 12.5. The highest BCUT2D eigenvalue weighted by Crippen LogP contribution is 2.36. The number of ether oxygens (including phenoxy) is 4. The second kappa shape index (κ2) is 16.2. The zero-order valence-electron chi connectivity index (χ0n) is 27.8. The van der Waals surface area contributed by atoms with E-state index >= 15 is 0 Å². The van der Waals surface area contributed by atoms with Gasteiger partial charge in [0, 0.05) is 25.1 Å². The molecule has 3 saturated heterocycles. The third kappa shape index (κ3) is 8.38. The number of esters is 2. The van der Waals surface area contributed by atoms with E-state index in [0.717, 1.165) is 25.9 Å². The van der Waals surface area contributed by atoms with Crippen molar-refractivity contribution in [2.75, 3.05) is 33.9 Å². The molecule has 1 unspecified atom stereocenters. The van der Waals surface area contributed by atoms with Gasteiger partial charge in [-0.1, -0.05) is 53.5 Å². The summed E-state index contributed by atoms with van der Waals surface area (Å²) in [7, 11) is 3.07. The molecule has 262 valence electrons. The van der Waals surface area contributed by atoms with Gasteiger partial charge in [-0.15, -0.1) is 0 Å². The lowest BCUT2D eigenvalue weighted by molar-refractivity contribution is -0.377. The molecule has 2 N–H and O–H groups in total. The quantitative estimate of drug-likeness (QED) is 0.155. The summed E-state index contributed by atoms with van der Waals surface area (Å²) in [4.78, 5) is 32.5. The largest absolute Gasteiger partial charge is 0.493 e. The first-order valence-corrected chi connectivity index (χ1v) is 17.3. The van der Waals surface area contributed by atoms with E-state index in [1.165, 1.54) is 19.2 Å². The fourth-order valence-electron chi connectivity index (χ4n) is 6.65. The minimum atomic E-state index is -0.913. The lowest BCUT2D eigenvalue weighted by Gasteiger charge is -2.44. The van der Waals surface area contributed by atoms with Crippen LogP contribution in [0.3, 0.4) is 0 Å². The minimum Gasteiger partial charge on any atom is -0.493 e. The molecule has 0 spiro atoms. The average Bonchev–Trinajstić information content (AvgIpc) is 3.13. The molecule has 4 heterocycles. The smallest absolute Gasteiger partial charge is 0.338 e. The Balaban J connectivity index is 1.20. The fourth-order valence-corrected chi connectivity index (χ4v) is 7.18. The Morgan fingerprint density at radius 3 is 2.36 bits per heavy atom. The van der Waals surface area contributed by atoms with Gasteiger partial charge in [-0.25, -0.2) is 19.0 Å². The number of piperidine rings is 3. The Bertz CT molecular complexity index is 1820. The summed E-state index contributed by atoms with van der Waals surface area (Å²) in [6, 6.07) is 17.2. The zero-order chi connectivity index (χ0) is 35.2. The number of fused-ring (bicyclic) bond motifs is 3. The molecule has 4 aromatic rings. The van der Waals surface area contributed by atoms with E-state index in [1.54, 1.807) is 68.0 Å². The highest BCUT2D eigenvalue weighted by Gasteiger charge is 2.38. The summed E-state index contributed by atoms with van der Waals surface area (Å²) in [6.45, 7) is 2.94. The van der Waals surface area contributed by atoms with E-state index < -0.39 is 29.9 Å². The lowest BCUT2D eigenvalue weighted by Crippen LogP contribution is -2.52. The molecule has 1 aromatic heterocycles. The molecule has 0 aliphatic carbocycles. The molecule has 3 fully saturated rings. The molecule has 3 aliphatic rings. The van der Waals surface area contributed by atoms with Crippen LogP contribution in [0, 0.1) is 11.7 Å². The van der Waals surface area contributed by atoms with E-state index in [4.69, 9.17) is 42.1 Å². The van der Waals surface area contributed by atoms with Crippen LogP contribution < -0.4 is 19.8 Å². The molecule has 2 bridgehead atoms. The van der Waals surface area contributed by atoms with Crippen LogP contribution in [-0.2, 0) is 27.2 Å². The Labute approximate surface area is 300 Å². The first-order chi connectivity index (χ1) is 24.2. The van der Waals surface area contributed by atoms with Gasteiger partial charge in [0.25, 0.3) is 0 Å². The number of aromatic amines is 1. The van der Waals surface area contributed by atoms with Gasteiger partial charge in [0.15, 0.2) is 23.9 Å². The monoisotopic (exact) mass is 722 g/mol. The lowest BCUT2D eigenvalue weighted by atomic mass is 9.86. The maximum atomic E-state index is 14.3. The molecule has 0 saturated carbocycles. The summed E-state index contributed by atoms with van der Waals surface area (Å²) in [6.07, 6.45) is 4.41. The van der Waals surface area contributed by atoms with E-state index in [0.29, 0.717) is 61.8 Å². The number of benzene rings is 3. The second-order valence-corrected chi connectivity index (χ2v) is 13.3. The molecule has 0 amide bonds. The predicted molar refractivity (Wildman–Crippen MR) is 186 cm³/mol.